The zero-order valence-corrected chi connectivity index (χ0v) is 16.7. The van der Waals surface area contributed by atoms with Gasteiger partial charge in [0.2, 0.25) is 0 Å². The highest BCUT2D eigenvalue weighted by Gasteiger charge is 2.26. The topological polar surface area (TPSA) is 120 Å². The van der Waals surface area contributed by atoms with Crippen LogP contribution in [0, 0.1) is 11.3 Å². The number of amides is 1. The summed E-state index contributed by atoms with van der Waals surface area (Å²) in [6.45, 7) is 4.06. The van der Waals surface area contributed by atoms with Gasteiger partial charge in [-0.2, -0.15) is 5.26 Å². The Hall–Kier alpha value is -3.11. The minimum absolute atomic E-state index is 0.114. The van der Waals surface area contributed by atoms with Crippen molar-refractivity contribution in [2.75, 3.05) is 5.32 Å². The summed E-state index contributed by atoms with van der Waals surface area (Å²) < 4.78 is 0. The molecule has 1 amide bonds. The maximum atomic E-state index is 13.1. The second-order valence-electron chi connectivity index (χ2n) is 8.14. The van der Waals surface area contributed by atoms with Crippen molar-refractivity contribution in [1.29, 1.82) is 5.26 Å². The molecule has 0 bridgehead atoms. The Labute approximate surface area is 170 Å². The van der Waals surface area contributed by atoms with E-state index >= 15 is 0 Å². The molecular weight excluding hydrogens is 364 g/mol. The molecule has 5 N–H and O–H groups in total. The van der Waals surface area contributed by atoms with Crippen LogP contribution in [-0.4, -0.2) is 34.0 Å². The highest BCUT2D eigenvalue weighted by Crippen LogP contribution is 2.37. The van der Waals surface area contributed by atoms with Gasteiger partial charge in [0.1, 0.15) is 5.69 Å². The fourth-order valence-electron chi connectivity index (χ4n) is 4.02. The van der Waals surface area contributed by atoms with Crippen LogP contribution in [0.2, 0.25) is 0 Å². The number of nitrogens with two attached hydrogens (primary N) is 1. The maximum absolute atomic E-state index is 13.1. The van der Waals surface area contributed by atoms with Gasteiger partial charge in [0, 0.05) is 29.7 Å². The van der Waals surface area contributed by atoms with Crippen LogP contribution in [0.4, 0.5) is 5.69 Å². The zero-order chi connectivity index (χ0) is 20.5. The molecule has 0 atom stereocenters. The Morgan fingerprint density at radius 3 is 2.76 bits per heavy atom. The number of nitrogens with one attached hydrogen (secondary N) is 3. The van der Waals surface area contributed by atoms with Crippen molar-refractivity contribution in [3.8, 4) is 17.5 Å². The summed E-state index contributed by atoms with van der Waals surface area (Å²) in [4.78, 5) is 21.1. The average Bonchev–Trinajstić information content (AvgIpc) is 3.07. The number of anilines is 1. The molecule has 0 radical (unpaired) electrons. The summed E-state index contributed by atoms with van der Waals surface area (Å²) in [6, 6.07) is 8.12. The highest BCUT2D eigenvalue weighted by molar-refractivity contribution is 6.07. The van der Waals surface area contributed by atoms with Crippen LogP contribution in [0.3, 0.4) is 0 Å². The van der Waals surface area contributed by atoms with Gasteiger partial charge in [-0.1, -0.05) is 0 Å². The predicted molar refractivity (Wildman–Crippen MR) is 114 cm³/mol. The SMILES string of the molecule is CC(C)Nc1c(C(=O)NC2CCC(N)CC2)c[nH]c2c3ccc(C#N)cc3nc1-2. The Morgan fingerprint density at radius 1 is 1.31 bits per heavy atom. The van der Waals surface area contributed by atoms with E-state index < -0.39 is 0 Å². The monoisotopic (exact) mass is 390 g/mol. The van der Waals surface area contributed by atoms with E-state index in [0.717, 1.165) is 42.3 Å². The van der Waals surface area contributed by atoms with E-state index in [2.05, 4.69) is 21.7 Å². The first-order chi connectivity index (χ1) is 14.0. The molecule has 0 spiro atoms. The van der Waals surface area contributed by atoms with Crippen molar-refractivity contribution in [1.82, 2.24) is 15.3 Å². The van der Waals surface area contributed by atoms with E-state index in [1.54, 1.807) is 18.3 Å². The molecule has 2 heterocycles. The summed E-state index contributed by atoms with van der Waals surface area (Å²) in [7, 11) is 0. The van der Waals surface area contributed by atoms with Crippen molar-refractivity contribution >= 4 is 22.5 Å². The van der Waals surface area contributed by atoms with Crippen molar-refractivity contribution in [3.63, 3.8) is 0 Å². The lowest BCUT2D eigenvalue weighted by molar-refractivity contribution is 0.0926. The van der Waals surface area contributed by atoms with Crippen LogP contribution in [-0.2, 0) is 0 Å². The first-order valence-corrected chi connectivity index (χ1v) is 10.1. The highest BCUT2D eigenvalue weighted by atomic mass is 16.1. The van der Waals surface area contributed by atoms with E-state index in [9.17, 15) is 10.1 Å². The molecule has 0 saturated heterocycles. The van der Waals surface area contributed by atoms with E-state index in [4.69, 9.17) is 10.7 Å². The number of rotatable bonds is 4. The van der Waals surface area contributed by atoms with Gasteiger partial charge in [0.25, 0.3) is 5.91 Å². The molecule has 3 aliphatic rings. The fourth-order valence-corrected chi connectivity index (χ4v) is 4.02. The van der Waals surface area contributed by atoms with Crippen LogP contribution in [0.15, 0.2) is 24.4 Å². The first-order valence-electron chi connectivity index (χ1n) is 10.1. The second kappa shape index (κ2) is 7.72. The Balaban J connectivity index is 1.74. The van der Waals surface area contributed by atoms with E-state index in [1.807, 2.05) is 19.9 Å². The van der Waals surface area contributed by atoms with E-state index in [-0.39, 0.29) is 24.0 Å². The van der Waals surface area contributed by atoms with Crippen molar-refractivity contribution in [2.45, 2.75) is 57.7 Å². The number of aromatic nitrogens is 2. The number of nitrogens with zero attached hydrogens (tertiary/aromatic N) is 2. The number of hydrogen-bond acceptors (Lipinski definition) is 5. The molecule has 1 saturated carbocycles. The van der Waals surface area contributed by atoms with Crippen molar-refractivity contribution in [3.05, 3.63) is 35.5 Å². The minimum atomic E-state index is -0.114. The molecule has 7 heteroatoms. The summed E-state index contributed by atoms with van der Waals surface area (Å²) >= 11 is 0. The van der Waals surface area contributed by atoms with E-state index in [0.29, 0.717) is 22.5 Å². The number of nitriles is 1. The van der Waals surface area contributed by atoms with Crippen molar-refractivity contribution < 1.29 is 4.79 Å². The van der Waals surface area contributed by atoms with Gasteiger partial charge in [-0.3, -0.25) is 4.79 Å². The third kappa shape index (κ3) is 3.76. The molecule has 1 fully saturated rings. The molecule has 7 nitrogen and oxygen atoms in total. The zero-order valence-electron chi connectivity index (χ0n) is 16.7. The Bertz CT molecular complexity index is 1060. The largest absolute Gasteiger partial charge is 0.380 e. The Morgan fingerprint density at radius 2 is 2.07 bits per heavy atom. The van der Waals surface area contributed by atoms with Gasteiger partial charge in [0.05, 0.1) is 34.1 Å². The summed E-state index contributed by atoms with van der Waals surface area (Å²) in [5.74, 6) is -0.114. The minimum Gasteiger partial charge on any atom is -0.380 e. The Kier molecular flexibility index (Phi) is 5.12. The van der Waals surface area contributed by atoms with Crippen LogP contribution < -0.4 is 16.4 Å². The average molecular weight is 390 g/mol. The van der Waals surface area contributed by atoms with Crippen LogP contribution in [0.25, 0.3) is 22.3 Å². The quantitative estimate of drug-likeness (QED) is 0.544. The third-order valence-corrected chi connectivity index (χ3v) is 5.52. The van der Waals surface area contributed by atoms with Gasteiger partial charge in [-0.25, -0.2) is 4.98 Å². The number of aromatic amines is 1. The number of benzene rings is 1. The van der Waals surface area contributed by atoms with E-state index in [1.165, 1.54) is 0 Å². The van der Waals surface area contributed by atoms with Gasteiger partial charge < -0.3 is 21.4 Å². The molecular formula is C22H26N6O. The summed E-state index contributed by atoms with van der Waals surface area (Å²) in [5.41, 5.74) is 10.1. The standard InChI is InChI=1S/C22H26N6O/c1-12(2)26-20-17(22(29)27-15-6-4-14(24)5-7-15)11-25-19-16-8-3-13(10-23)9-18(16)28-21(19)20/h3,8-9,11-12,14-15,25-26H,4-7,24H2,1-2H3,(H,27,29). The number of fused-ring (bicyclic) bond motifs is 3. The van der Waals surface area contributed by atoms with Gasteiger partial charge >= 0.3 is 0 Å². The summed E-state index contributed by atoms with van der Waals surface area (Å²) in [6.07, 6.45) is 5.42. The molecule has 4 rings (SSSR count). The van der Waals surface area contributed by atoms with Gasteiger partial charge in [-0.05, 0) is 57.7 Å². The van der Waals surface area contributed by atoms with Crippen LogP contribution in [0.1, 0.15) is 55.5 Å². The smallest absolute Gasteiger partial charge is 0.255 e. The molecule has 0 unspecified atom stereocenters. The molecule has 150 valence electrons. The van der Waals surface area contributed by atoms with Gasteiger partial charge in [-0.15, -0.1) is 0 Å². The second-order valence-corrected chi connectivity index (χ2v) is 8.14. The number of hydrogen-bond donors (Lipinski definition) is 4. The number of carbonyl (C=O) groups excluding carboxylic acids is 1. The number of pyridine rings is 1. The maximum Gasteiger partial charge on any atom is 0.255 e. The lowest BCUT2D eigenvalue weighted by atomic mass is 9.91. The van der Waals surface area contributed by atoms with Crippen LogP contribution in [0.5, 0.6) is 0 Å². The molecule has 1 aliphatic carbocycles. The van der Waals surface area contributed by atoms with Crippen LogP contribution >= 0.6 is 0 Å². The molecule has 1 aromatic carbocycles. The fraction of sp³-hybridized carbons (Fsp3) is 0.409. The predicted octanol–water partition coefficient (Wildman–Crippen LogP) is 3.36. The normalized spacial score (nSPS) is 19.4. The molecule has 0 aromatic heterocycles. The number of carbonyl (C=O) groups is 1. The van der Waals surface area contributed by atoms with Gasteiger partial charge in [0.15, 0.2) is 0 Å². The summed E-state index contributed by atoms with van der Waals surface area (Å²) in [5, 5.41) is 16.7. The third-order valence-electron chi connectivity index (χ3n) is 5.52. The molecule has 29 heavy (non-hydrogen) atoms. The molecule has 2 aliphatic heterocycles. The lowest BCUT2D eigenvalue weighted by Gasteiger charge is -2.27. The van der Waals surface area contributed by atoms with Crippen molar-refractivity contribution in [2.24, 2.45) is 5.73 Å². The lowest BCUT2D eigenvalue weighted by Crippen LogP contribution is -2.40. The molecule has 1 aromatic rings. The first kappa shape index (κ1) is 19.2. The number of H-pyrrole nitrogens is 1.